The quantitative estimate of drug-likeness (QED) is 0.806. The minimum atomic E-state index is -3.80. The molecule has 0 bridgehead atoms. The van der Waals surface area contributed by atoms with Crippen LogP contribution in [-0.4, -0.2) is 49.4 Å². The van der Waals surface area contributed by atoms with E-state index in [1.54, 1.807) is 37.3 Å². The molecular weight excluding hydrogens is 374 g/mol. The van der Waals surface area contributed by atoms with Gasteiger partial charge in [0.2, 0.25) is 10.0 Å². The smallest absolute Gasteiger partial charge is 0.244 e. The fourth-order valence-corrected chi connectivity index (χ4v) is 5.90. The normalized spacial score (nSPS) is 21.2. The van der Waals surface area contributed by atoms with Gasteiger partial charge >= 0.3 is 0 Å². The number of hydrogen-bond donors (Lipinski definition) is 1. The Morgan fingerprint density at radius 3 is 2.61 bits per heavy atom. The Bertz CT molecular complexity index is 970. The van der Waals surface area contributed by atoms with E-state index in [4.69, 9.17) is 5.26 Å². The van der Waals surface area contributed by atoms with Crippen LogP contribution >= 0.6 is 0 Å². The number of aliphatic hydroxyl groups is 1. The number of hydrogen-bond acceptors (Lipinski definition) is 5. The van der Waals surface area contributed by atoms with E-state index < -0.39 is 20.9 Å². The van der Waals surface area contributed by atoms with Gasteiger partial charge in [0.15, 0.2) is 0 Å². The van der Waals surface area contributed by atoms with Crippen LogP contribution in [0, 0.1) is 11.3 Å². The zero-order valence-corrected chi connectivity index (χ0v) is 16.9. The third-order valence-corrected chi connectivity index (χ3v) is 8.19. The first kappa shape index (κ1) is 20.3. The number of likely N-dealkylation sites (tertiary alicyclic amines) is 1. The summed E-state index contributed by atoms with van der Waals surface area (Å²) in [5.41, 5.74) is 2.10. The van der Waals surface area contributed by atoms with Crippen LogP contribution in [0.4, 0.5) is 5.69 Å². The number of nitriles is 1. The van der Waals surface area contributed by atoms with Crippen LogP contribution in [-0.2, 0) is 16.6 Å². The highest BCUT2D eigenvalue weighted by atomic mass is 32.2. The first-order valence-electron chi connectivity index (χ1n) is 9.23. The number of anilines is 1. The van der Waals surface area contributed by atoms with Gasteiger partial charge in [0, 0.05) is 26.7 Å². The molecule has 1 saturated heterocycles. The van der Waals surface area contributed by atoms with E-state index in [1.165, 1.54) is 11.4 Å². The van der Waals surface area contributed by atoms with E-state index >= 15 is 0 Å². The topological polar surface area (TPSA) is 84.6 Å². The number of sulfonamides is 1. The fraction of sp³-hybridized carbons (Fsp3) is 0.381. The fourth-order valence-electron chi connectivity index (χ4n) is 3.83. The molecule has 1 heterocycles. The van der Waals surface area contributed by atoms with Gasteiger partial charge in [0.25, 0.3) is 0 Å². The maximum absolute atomic E-state index is 13.5. The summed E-state index contributed by atoms with van der Waals surface area (Å²) in [4.78, 5) is 2.03. The number of nitrogens with zero attached hydrogens (tertiary/aromatic N) is 3. The molecular formula is C21H25N3O3S. The Balaban J connectivity index is 1.86. The lowest BCUT2D eigenvalue weighted by molar-refractivity contribution is 0.140. The van der Waals surface area contributed by atoms with Crippen molar-refractivity contribution < 1.29 is 13.5 Å². The van der Waals surface area contributed by atoms with E-state index in [0.29, 0.717) is 30.8 Å². The Kier molecular flexibility index (Phi) is 5.75. The second-order valence-corrected chi connectivity index (χ2v) is 9.63. The van der Waals surface area contributed by atoms with Crippen molar-refractivity contribution in [3.63, 3.8) is 0 Å². The largest absolute Gasteiger partial charge is 0.392 e. The molecule has 28 heavy (non-hydrogen) atoms. The Morgan fingerprint density at radius 2 is 1.96 bits per heavy atom. The average molecular weight is 400 g/mol. The SMILES string of the molecule is C[C@H](O)[C@@]1(S(=O)(=O)N(C)c2ccccc2)CCN(Cc2cccc(C#N)c2)C1. The highest BCUT2D eigenvalue weighted by molar-refractivity contribution is 7.94. The van der Waals surface area contributed by atoms with Crippen LogP contribution in [0.5, 0.6) is 0 Å². The third-order valence-electron chi connectivity index (χ3n) is 5.56. The summed E-state index contributed by atoms with van der Waals surface area (Å²) in [6.45, 7) is 2.88. The maximum Gasteiger partial charge on any atom is 0.244 e. The first-order chi connectivity index (χ1) is 13.3. The molecule has 1 aliphatic rings. The van der Waals surface area contributed by atoms with Gasteiger partial charge in [-0.05, 0) is 43.2 Å². The van der Waals surface area contributed by atoms with Gasteiger partial charge in [0.1, 0.15) is 4.75 Å². The Morgan fingerprint density at radius 1 is 1.25 bits per heavy atom. The molecule has 3 rings (SSSR count). The summed E-state index contributed by atoms with van der Waals surface area (Å²) in [7, 11) is -2.27. The highest BCUT2D eigenvalue weighted by Crippen LogP contribution is 2.37. The van der Waals surface area contributed by atoms with Crippen LogP contribution in [0.1, 0.15) is 24.5 Å². The lowest BCUT2D eigenvalue weighted by Gasteiger charge is -2.36. The molecule has 1 N–H and O–H groups in total. The number of aliphatic hydroxyl groups excluding tert-OH is 1. The van der Waals surface area contributed by atoms with Gasteiger partial charge < -0.3 is 5.11 Å². The van der Waals surface area contributed by atoms with Gasteiger partial charge in [-0.15, -0.1) is 0 Å². The van der Waals surface area contributed by atoms with E-state index in [9.17, 15) is 13.5 Å². The molecule has 6 nitrogen and oxygen atoms in total. The van der Waals surface area contributed by atoms with Gasteiger partial charge in [-0.1, -0.05) is 30.3 Å². The summed E-state index contributed by atoms with van der Waals surface area (Å²) in [5, 5.41) is 19.6. The summed E-state index contributed by atoms with van der Waals surface area (Å²) in [5.74, 6) is 0. The monoisotopic (exact) mass is 399 g/mol. The molecule has 1 aliphatic heterocycles. The standard InChI is InChI=1S/C21H25N3O3S/c1-17(25)21(28(26,27)23(2)20-9-4-3-5-10-20)11-12-24(16-21)15-19-8-6-7-18(13-19)14-22/h3-10,13,17,25H,11-12,15-16H2,1-2H3/t17-,21+/m0/s1. The number of rotatable bonds is 6. The molecule has 0 radical (unpaired) electrons. The second kappa shape index (κ2) is 7.92. The predicted octanol–water partition coefficient (Wildman–Crippen LogP) is 2.35. The van der Waals surface area contributed by atoms with Gasteiger partial charge in [-0.3, -0.25) is 9.21 Å². The third kappa shape index (κ3) is 3.63. The van der Waals surface area contributed by atoms with Crippen molar-refractivity contribution in [1.29, 1.82) is 5.26 Å². The number of para-hydroxylation sites is 1. The molecule has 0 spiro atoms. The van der Waals surface area contributed by atoms with E-state index in [1.807, 2.05) is 29.2 Å². The summed E-state index contributed by atoms with van der Waals surface area (Å²) >= 11 is 0. The summed E-state index contributed by atoms with van der Waals surface area (Å²) < 4.78 is 27.0. The van der Waals surface area contributed by atoms with Crippen LogP contribution in [0.25, 0.3) is 0 Å². The van der Waals surface area contributed by atoms with Crippen LogP contribution in [0.2, 0.25) is 0 Å². The van der Waals surface area contributed by atoms with Crippen LogP contribution < -0.4 is 4.31 Å². The van der Waals surface area contributed by atoms with Crippen molar-refractivity contribution in [2.45, 2.75) is 30.7 Å². The molecule has 0 saturated carbocycles. The van der Waals surface area contributed by atoms with E-state index in [2.05, 4.69) is 6.07 Å². The zero-order chi connectivity index (χ0) is 20.4. The molecule has 2 aromatic carbocycles. The van der Waals surface area contributed by atoms with Gasteiger partial charge in [-0.25, -0.2) is 8.42 Å². The minimum absolute atomic E-state index is 0.237. The van der Waals surface area contributed by atoms with Crippen LogP contribution in [0.15, 0.2) is 54.6 Å². The molecule has 0 amide bonds. The van der Waals surface area contributed by atoms with Crippen LogP contribution in [0.3, 0.4) is 0 Å². The van der Waals surface area contributed by atoms with Crippen molar-refractivity contribution in [2.75, 3.05) is 24.4 Å². The molecule has 0 unspecified atom stereocenters. The van der Waals surface area contributed by atoms with Gasteiger partial charge in [-0.2, -0.15) is 5.26 Å². The van der Waals surface area contributed by atoms with Crippen molar-refractivity contribution >= 4 is 15.7 Å². The molecule has 7 heteroatoms. The minimum Gasteiger partial charge on any atom is -0.392 e. The molecule has 1 fully saturated rings. The van der Waals surface area contributed by atoms with E-state index in [-0.39, 0.29) is 6.54 Å². The maximum atomic E-state index is 13.5. The first-order valence-corrected chi connectivity index (χ1v) is 10.7. The van der Waals surface area contributed by atoms with Crippen molar-refractivity contribution in [3.8, 4) is 6.07 Å². The molecule has 0 aliphatic carbocycles. The Hall–Kier alpha value is -2.40. The summed E-state index contributed by atoms with van der Waals surface area (Å²) in [6, 6.07) is 18.3. The molecule has 2 atom stereocenters. The summed E-state index contributed by atoms with van der Waals surface area (Å²) in [6.07, 6.45) is -0.665. The zero-order valence-electron chi connectivity index (χ0n) is 16.1. The molecule has 2 aromatic rings. The number of benzene rings is 2. The highest BCUT2D eigenvalue weighted by Gasteiger charge is 2.54. The molecule has 0 aromatic heterocycles. The van der Waals surface area contributed by atoms with Crippen molar-refractivity contribution in [2.24, 2.45) is 0 Å². The lowest BCUT2D eigenvalue weighted by Crippen LogP contribution is -2.55. The van der Waals surface area contributed by atoms with Crippen molar-refractivity contribution in [3.05, 3.63) is 65.7 Å². The van der Waals surface area contributed by atoms with Gasteiger partial charge in [0.05, 0.1) is 23.4 Å². The van der Waals surface area contributed by atoms with E-state index in [0.717, 1.165) is 5.56 Å². The van der Waals surface area contributed by atoms with Crippen molar-refractivity contribution in [1.82, 2.24) is 4.90 Å². The Labute approximate surface area is 166 Å². The predicted molar refractivity (Wildman–Crippen MR) is 109 cm³/mol. The molecule has 148 valence electrons. The average Bonchev–Trinajstić information content (AvgIpc) is 3.14. The lowest BCUT2D eigenvalue weighted by atomic mass is 10.0. The second-order valence-electron chi connectivity index (χ2n) is 7.32.